The Morgan fingerprint density at radius 1 is 1.53 bits per heavy atom. The van der Waals surface area contributed by atoms with Crippen molar-refractivity contribution in [3.8, 4) is 5.75 Å². The van der Waals surface area contributed by atoms with E-state index in [1.807, 2.05) is 13.8 Å². The fourth-order valence-corrected chi connectivity index (χ4v) is 2.32. The minimum Gasteiger partial charge on any atom is -0.483 e. The van der Waals surface area contributed by atoms with Crippen LogP contribution in [0.25, 0.3) is 0 Å². The summed E-state index contributed by atoms with van der Waals surface area (Å²) in [6, 6.07) is 5.18. The molecule has 1 amide bonds. The van der Waals surface area contributed by atoms with E-state index in [9.17, 15) is 4.79 Å². The maximum absolute atomic E-state index is 12.0. The van der Waals surface area contributed by atoms with E-state index in [1.165, 1.54) is 0 Å². The number of hydrogen-bond donors (Lipinski definition) is 0. The zero-order chi connectivity index (χ0) is 14.4. The van der Waals surface area contributed by atoms with Gasteiger partial charge >= 0.3 is 0 Å². The average molecular weight is 347 g/mol. The molecule has 0 bridgehead atoms. The molecule has 0 saturated heterocycles. The molecule has 0 aliphatic heterocycles. The Morgan fingerprint density at radius 3 is 2.74 bits per heavy atom. The number of nitrogens with zero attached hydrogens (tertiary/aromatic N) is 1. The van der Waals surface area contributed by atoms with Gasteiger partial charge in [0.15, 0.2) is 6.61 Å². The summed E-state index contributed by atoms with van der Waals surface area (Å²) in [5.74, 6) is 0.538. The molecular formula is C14H17BrClNO2. The van der Waals surface area contributed by atoms with Crippen LogP contribution in [0.4, 0.5) is 0 Å². The number of benzene rings is 1. The largest absolute Gasteiger partial charge is 0.483 e. The highest BCUT2D eigenvalue weighted by molar-refractivity contribution is 9.10. The molecule has 0 aliphatic carbocycles. The number of amides is 1. The van der Waals surface area contributed by atoms with Gasteiger partial charge in [0.1, 0.15) is 5.75 Å². The Kier molecular flexibility index (Phi) is 6.38. The van der Waals surface area contributed by atoms with Crippen molar-refractivity contribution in [3.05, 3.63) is 39.8 Å². The van der Waals surface area contributed by atoms with Crippen LogP contribution in [-0.2, 0) is 4.79 Å². The first-order chi connectivity index (χ1) is 8.93. The van der Waals surface area contributed by atoms with Crippen LogP contribution in [0.3, 0.4) is 0 Å². The van der Waals surface area contributed by atoms with Crippen LogP contribution in [0, 0.1) is 0 Å². The number of carbonyl (C=O) groups is 1. The second-order valence-corrected chi connectivity index (χ2v) is 5.52. The molecule has 0 saturated carbocycles. The van der Waals surface area contributed by atoms with Crippen LogP contribution in [0.1, 0.15) is 13.8 Å². The van der Waals surface area contributed by atoms with Gasteiger partial charge in [0, 0.05) is 18.1 Å². The lowest BCUT2D eigenvalue weighted by atomic mass is 10.3. The molecule has 0 heterocycles. The smallest absolute Gasteiger partial charge is 0.260 e. The zero-order valence-electron chi connectivity index (χ0n) is 11.1. The van der Waals surface area contributed by atoms with E-state index >= 15 is 0 Å². The van der Waals surface area contributed by atoms with Gasteiger partial charge in [-0.15, -0.1) is 0 Å². The maximum atomic E-state index is 12.0. The SMILES string of the molecule is C=C(C)CN(CC)C(=O)COc1ccc(Cl)cc1Br. The highest BCUT2D eigenvalue weighted by Crippen LogP contribution is 2.27. The van der Waals surface area contributed by atoms with Crippen molar-refractivity contribution in [2.45, 2.75) is 13.8 Å². The summed E-state index contributed by atoms with van der Waals surface area (Å²) in [7, 11) is 0. The van der Waals surface area contributed by atoms with Crippen molar-refractivity contribution in [2.24, 2.45) is 0 Å². The standard InChI is InChI=1S/C14H17BrClNO2/c1-4-17(8-10(2)3)14(18)9-19-13-6-5-11(16)7-12(13)15/h5-7H,2,4,8-9H2,1,3H3. The van der Waals surface area contributed by atoms with Gasteiger partial charge in [0.25, 0.3) is 5.91 Å². The topological polar surface area (TPSA) is 29.5 Å². The van der Waals surface area contributed by atoms with Gasteiger partial charge in [-0.05, 0) is 48.0 Å². The minimum atomic E-state index is -0.0626. The van der Waals surface area contributed by atoms with E-state index in [0.29, 0.717) is 23.9 Å². The predicted molar refractivity (Wildman–Crippen MR) is 81.7 cm³/mol. The number of rotatable bonds is 6. The lowest BCUT2D eigenvalue weighted by Crippen LogP contribution is -2.35. The molecule has 0 unspecified atom stereocenters. The molecule has 1 aromatic rings. The third-order valence-electron chi connectivity index (χ3n) is 2.44. The molecule has 19 heavy (non-hydrogen) atoms. The van der Waals surface area contributed by atoms with E-state index in [2.05, 4.69) is 22.5 Å². The van der Waals surface area contributed by atoms with Crippen LogP contribution in [0.2, 0.25) is 5.02 Å². The summed E-state index contributed by atoms with van der Waals surface area (Å²) < 4.78 is 6.22. The third-order valence-corrected chi connectivity index (χ3v) is 3.30. The molecule has 104 valence electrons. The fourth-order valence-electron chi connectivity index (χ4n) is 1.53. The van der Waals surface area contributed by atoms with E-state index < -0.39 is 0 Å². The normalized spacial score (nSPS) is 10.1. The summed E-state index contributed by atoms with van der Waals surface area (Å²) >= 11 is 9.18. The van der Waals surface area contributed by atoms with Crippen LogP contribution in [-0.4, -0.2) is 30.5 Å². The first-order valence-electron chi connectivity index (χ1n) is 5.94. The van der Waals surface area contributed by atoms with Crippen molar-refractivity contribution < 1.29 is 9.53 Å². The van der Waals surface area contributed by atoms with Gasteiger partial charge in [0.05, 0.1) is 4.47 Å². The first kappa shape index (κ1) is 16.1. The molecule has 0 aromatic heterocycles. The maximum Gasteiger partial charge on any atom is 0.260 e. The van der Waals surface area contributed by atoms with Crippen LogP contribution in [0.15, 0.2) is 34.8 Å². The number of carbonyl (C=O) groups excluding carboxylic acids is 1. The Balaban J connectivity index is 2.60. The molecule has 1 rings (SSSR count). The molecule has 0 fully saturated rings. The van der Waals surface area contributed by atoms with Crippen molar-refractivity contribution in [2.75, 3.05) is 19.7 Å². The Bertz CT molecular complexity index is 477. The lowest BCUT2D eigenvalue weighted by Gasteiger charge is -2.21. The van der Waals surface area contributed by atoms with Crippen LogP contribution >= 0.6 is 27.5 Å². The quantitative estimate of drug-likeness (QED) is 0.731. The minimum absolute atomic E-state index is 0.00134. The molecule has 0 radical (unpaired) electrons. The summed E-state index contributed by atoms with van der Waals surface area (Å²) in [4.78, 5) is 13.7. The molecule has 1 aromatic carbocycles. The number of ether oxygens (including phenoxy) is 1. The van der Waals surface area contributed by atoms with Gasteiger partial charge < -0.3 is 9.64 Å². The van der Waals surface area contributed by atoms with Gasteiger partial charge in [-0.25, -0.2) is 0 Å². The van der Waals surface area contributed by atoms with Crippen molar-refractivity contribution in [3.63, 3.8) is 0 Å². The molecule has 0 spiro atoms. The first-order valence-corrected chi connectivity index (χ1v) is 7.11. The van der Waals surface area contributed by atoms with Crippen molar-refractivity contribution in [1.29, 1.82) is 0 Å². The van der Waals surface area contributed by atoms with Gasteiger partial charge in [-0.2, -0.15) is 0 Å². The number of halogens is 2. The Hall–Kier alpha value is -1.000. The second kappa shape index (κ2) is 7.56. The highest BCUT2D eigenvalue weighted by atomic mass is 79.9. The summed E-state index contributed by atoms with van der Waals surface area (Å²) in [6.45, 7) is 8.83. The van der Waals surface area contributed by atoms with Crippen LogP contribution < -0.4 is 4.74 Å². The van der Waals surface area contributed by atoms with Gasteiger partial charge in [-0.1, -0.05) is 23.8 Å². The Morgan fingerprint density at radius 2 is 2.21 bits per heavy atom. The predicted octanol–water partition coefficient (Wildman–Crippen LogP) is 3.91. The number of hydrogen-bond acceptors (Lipinski definition) is 2. The van der Waals surface area contributed by atoms with Crippen molar-refractivity contribution in [1.82, 2.24) is 4.90 Å². The van der Waals surface area contributed by atoms with E-state index in [0.717, 1.165) is 10.0 Å². The zero-order valence-corrected chi connectivity index (χ0v) is 13.4. The van der Waals surface area contributed by atoms with Gasteiger partial charge in [-0.3, -0.25) is 4.79 Å². The van der Waals surface area contributed by atoms with Crippen LogP contribution in [0.5, 0.6) is 5.75 Å². The molecule has 3 nitrogen and oxygen atoms in total. The summed E-state index contributed by atoms with van der Waals surface area (Å²) in [5, 5.41) is 0.614. The molecule has 0 aliphatic rings. The summed E-state index contributed by atoms with van der Waals surface area (Å²) in [6.07, 6.45) is 0. The second-order valence-electron chi connectivity index (χ2n) is 4.23. The molecule has 0 N–H and O–H groups in total. The fraction of sp³-hybridized carbons (Fsp3) is 0.357. The summed E-state index contributed by atoms with van der Waals surface area (Å²) in [5.41, 5.74) is 0.947. The van der Waals surface area contributed by atoms with E-state index in [4.69, 9.17) is 16.3 Å². The van der Waals surface area contributed by atoms with Gasteiger partial charge in [0.2, 0.25) is 0 Å². The van der Waals surface area contributed by atoms with Crippen molar-refractivity contribution >= 4 is 33.4 Å². The molecule has 0 atom stereocenters. The monoisotopic (exact) mass is 345 g/mol. The molecular weight excluding hydrogens is 330 g/mol. The lowest BCUT2D eigenvalue weighted by molar-refractivity contribution is -0.132. The molecule has 5 heteroatoms. The highest BCUT2D eigenvalue weighted by Gasteiger charge is 2.13. The third kappa shape index (κ3) is 5.25. The average Bonchev–Trinajstić information content (AvgIpc) is 2.34. The van der Waals surface area contributed by atoms with E-state index in [-0.39, 0.29) is 12.5 Å². The van der Waals surface area contributed by atoms with E-state index in [1.54, 1.807) is 23.1 Å². The number of likely N-dealkylation sites (N-methyl/N-ethyl adjacent to an activating group) is 1. The Labute approximate surface area is 127 Å².